The van der Waals surface area contributed by atoms with Crippen LogP contribution in [0, 0.1) is 11.3 Å². The SMILES string of the molecule is COc1cc(C(=O)N2CC3(CCOC[C@@H]3N)C2)cc2nc(-c3cc4cccnc4n3CC3CC3)n(C)c12. The van der Waals surface area contributed by atoms with Crippen molar-refractivity contribution >= 4 is 28.0 Å². The van der Waals surface area contributed by atoms with Crippen LogP contribution in [-0.4, -0.2) is 69.4 Å². The molecule has 1 aliphatic carbocycles. The van der Waals surface area contributed by atoms with Crippen molar-refractivity contribution in [2.24, 2.45) is 24.1 Å². The van der Waals surface area contributed by atoms with Crippen LogP contribution in [0.15, 0.2) is 36.5 Å². The number of nitrogens with zero attached hydrogens (tertiary/aromatic N) is 5. The Morgan fingerprint density at radius 2 is 2.11 bits per heavy atom. The Morgan fingerprint density at radius 1 is 1.27 bits per heavy atom. The summed E-state index contributed by atoms with van der Waals surface area (Å²) in [6.07, 6.45) is 5.25. The van der Waals surface area contributed by atoms with E-state index in [-0.39, 0.29) is 17.4 Å². The van der Waals surface area contributed by atoms with E-state index in [0.717, 1.165) is 46.6 Å². The summed E-state index contributed by atoms with van der Waals surface area (Å²) in [5.74, 6) is 2.16. The fourth-order valence-corrected chi connectivity index (χ4v) is 6.11. The van der Waals surface area contributed by atoms with Gasteiger partial charge in [0, 0.05) is 61.9 Å². The number of imidazole rings is 1. The second-order valence-corrected chi connectivity index (χ2v) is 11.0. The van der Waals surface area contributed by atoms with Gasteiger partial charge in [0.15, 0.2) is 5.82 Å². The molecule has 1 spiro atoms. The first-order valence-corrected chi connectivity index (χ1v) is 13.1. The lowest BCUT2D eigenvalue weighted by Gasteiger charge is -2.55. The van der Waals surface area contributed by atoms with E-state index in [9.17, 15) is 4.79 Å². The number of fused-ring (bicyclic) bond motifs is 2. The second-order valence-electron chi connectivity index (χ2n) is 11.0. The lowest BCUT2D eigenvalue weighted by Crippen LogP contribution is -2.68. The number of hydrogen-bond acceptors (Lipinski definition) is 6. The lowest BCUT2D eigenvalue weighted by molar-refractivity contribution is -0.0817. The highest BCUT2D eigenvalue weighted by Gasteiger charge is 2.50. The molecule has 0 unspecified atom stereocenters. The first-order chi connectivity index (χ1) is 18.0. The number of amides is 1. The van der Waals surface area contributed by atoms with Gasteiger partial charge < -0.3 is 29.2 Å². The van der Waals surface area contributed by atoms with E-state index in [0.29, 0.717) is 43.5 Å². The summed E-state index contributed by atoms with van der Waals surface area (Å²) in [4.78, 5) is 25.1. The normalized spacial score (nSPS) is 21.1. The quantitative estimate of drug-likeness (QED) is 0.452. The molecular formula is C28H32N6O3. The van der Waals surface area contributed by atoms with Crippen LogP contribution in [0.3, 0.4) is 0 Å². The van der Waals surface area contributed by atoms with Crippen LogP contribution in [0.2, 0.25) is 0 Å². The Kier molecular flexibility index (Phi) is 5.10. The fourth-order valence-electron chi connectivity index (χ4n) is 6.11. The fraction of sp³-hybridized carbons (Fsp3) is 0.464. The van der Waals surface area contributed by atoms with E-state index in [2.05, 4.69) is 26.3 Å². The summed E-state index contributed by atoms with van der Waals surface area (Å²) in [6.45, 7) is 3.53. The van der Waals surface area contributed by atoms with Gasteiger partial charge in [0.2, 0.25) is 0 Å². The summed E-state index contributed by atoms with van der Waals surface area (Å²) in [5, 5.41) is 1.10. The number of nitrogens with two attached hydrogens (primary N) is 1. The summed E-state index contributed by atoms with van der Waals surface area (Å²) in [6, 6.07) is 9.94. The third kappa shape index (κ3) is 3.55. The molecule has 2 saturated heterocycles. The van der Waals surface area contributed by atoms with Crippen LogP contribution in [0.4, 0.5) is 0 Å². The Labute approximate surface area is 215 Å². The summed E-state index contributed by atoms with van der Waals surface area (Å²) < 4.78 is 15.7. The highest BCUT2D eigenvalue weighted by atomic mass is 16.5. The maximum absolute atomic E-state index is 13.5. The number of rotatable bonds is 5. The molecule has 1 saturated carbocycles. The van der Waals surface area contributed by atoms with Gasteiger partial charge in [0.05, 0.1) is 24.9 Å². The molecule has 9 heteroatoms. The molecule has 37 heavy (non-hydrogen) atoms. The first-order valence-electron chi connectivity index (χ1n) is 13.1. The highest BCUT2D eigenvalue weighted by Crippen LogP contribution is 2.41. The van der Waals surface area contributed by atoms with Crippen molar-refractivity contribution in [1.29, 1.82) is 0 Å². The van der Waals surface area contributed by atoms with E-state index in [1.54, 1.807) is 7.11 Å². The maximum atomic E-state index is 13.5. The number of likely N-dealkylation sites (tertiary alicyclic amines) is 1. The van der Waals surface area contributed by atoms with E-state index in [4.69, 9.17) is 20.2 Å². The first kappa shape index (κ1) is 22.7. The minimum absolute atomic E-state index is 0.0104. The molecule has 0 radical (unpaired) electrons. The molecule has 3 aliphatic rings. The van der Waals surface area contributed by atoms with Crippen molar-refractivity contribution in [3.63, 3.8) is 0 Å². The Morgan fingerprint density at radius 3 is 2.86 bits per heavy atom. The van der Waals surface area contributed by atoms with Crippen molar-refractivity contribution in [2.45, 2.75) is 31.8 Å². The van der Waals surface area contributed by atoms with E-state index >= 15 is 0 Å². The van der Waals surface area contributed by atoms with Gasteiger partial charge in [-0.1, -0.05) is 0 Å². The molecule has 7 rings (SSSR count). The largest absolute Gasteiger partial charge is 0.494 e. The van der Waals surface area contributed by atoms with Gasteiger partial charge in [-0.3, -0.25) is 4.79 Å². The van der Waals surface area contributed by atoms with E-state index < -0.39 is 0 Å². The minimum atomic E-state index is -0.0300. The molecule has 5 heterocycles. The molecule has 1 amide bonds. The molecule has 1 atom stereocenters. The molecule has 1 aromatic carbocycles. The van der Waals surface area contributed by atoms with Crippen LogP contribution in [0.5, 0.6) is 5.75 Å². The van der Waals surface area contributed by atoms with Gasteiger partial charge in [-0.05, 0) is 55.5 Å². The zero-order valence-corrected chi connectivity index (χ0v) is 21.3. The van der Waals surface area contributed by atoms with Crippen LogP contribution in [0.1, 0.15) is 29.6 Å². The van der Waals surface area contributed by atoms with Crippen molar-refractivity contribution < 1.29 is 14.3 Å². The smallest absolute Gasteiger partial charge is 0.254 e. The van der Waals surface area contributed by atoms with Gasteiger partial charge in [-0.25, -0.2) is 9.97 Å². The molecular weight excluding hydrogens is 468 g/mol. The summed E-state index contributed by atoms with van der Waals surface area (Å²) in [5.41, 5.74) is 10.5. The standard InChI is InChI=1S/C28H32N6O3/c1-32-24-20(31-26(32)21-11-18-4-3-8-30-25(18)34(21)13-17-5-6-17)10-19(12-22(24)36-2)27(35)33-15-28(16-33)7-9-37-14-23(28)29/h3-4,8,10-12,17,23H,5-7,9,13-16,29H2,1-2H3/t23-/m0/s1. The number of benzene rings is 1. The maximum Gasteiger partial charge on any atom is 0.254 e. The van der Waals surface area contributed by atoms with E-state index in [1.807, 2.05) is 36.3 Å². The number of methoxy groups -OCH3 is 1. The zero-order valence-electron chi connectivity index (χ0n) is 21.3. The third-order valence-corrected chi connectivity index (χ3v) is 8.55. The molecule has 2 N–H and O–H groups in total. The third-order valence-electron chi connectivity index (χ3n) is 8.55. The van der Waals surface area contributed by atoms with Gasteiger partial charge in [-0.15, -0.1) is 0 Å². The molecule has 9 nitrogen and oxygen atoms in total. The molecule has 192 valence electrons. The predicted octanol–water partition coefficient (Wildman–Crippen LogP) is 3.20. The number of aromatic nitrogens is 4. The minimum Gasteiger partial charge on any atom is -0.494 e. The number of ether oxygens (including phenoxy) is 2. The number of aryl methyl sites for hydroxylation is 1. The lowest BCUT2D eigenvalue weighted by atomic mass is 9.70. The zero-order chi connectivity index (χ0) is 25.3. The Hall–Kier alpha value is -3.43. The number of carbonyl (C=O) groups is 1. The topological polar surface area (TPSA) is 100 Å². The van der Waals surface area contributed by atoms with Crippen molar-refractivity contribution in [2.75, 3.05) is 33.4 Å². The van der Waals surface area contributed by atoms with Gasteiger partial charge in [-0.2, -0.15) is 0 Å². The number of pyridine rings is 1. The van der Waals surface area contributed by atoms with Crippen LogP contribution < -0.4 is 10.5 Å². The van der Waals surface area contributed by atoms with Crippen molar-refractivity contribution in [3.8, 4) is 17.3 Å². The molecule has 2 aliphatic heterocycles. The van der Waals surface area contributed by atoms with Crippen LogP contribution >= 0.6 is 0 Å². The van der Waals surface area contributed by atoms with Gasteiger partial charge >= 0.3 is 0 Å². The number of carbonyl (C=O) groups excluding carboxylic acids is 1. The van der Waals surface area contributed by atoms with Gasteiger partial charge in [0.25, 0.3) is 5.91 Å². The van der Waals surface area contributed by atoms with E-state index in [1.165, 1.54) is 12.8 Å². The Balaban J connectivity index is 1.27. The second kappa shape index (κ2) is 8.29. The molecule has 4 aromatic rings. The average Bonchev–Trinajstić information content (AvgIpc) is 3.56. The van der Waals surface area contributed by atoms with Gasteiger partial charge in [0.1, 0.15) is 16.9 Å². The summed E-state index contributed by atoms with van der Waals surface area (Å²) >= 11 is 0. The molecule has 0 bridgehead atoms. The number of hydrogen-bond donors (Lipinski definition) is 1. The highest BCUT2D eigenvalue weighted by molar-refractivity contribution is 6.00. The average molecular weight is 501 g/mol. The van der Waals surface area contributed by atoms with Crippen LogP contribution in [-0.2, 0) is 18.3 Å². The molecule has 3 fully saturated rings. The Bertz CT molecular complexity index is 1530. The van der Waals surface area contributed by atoms with Crippen molar-refractivity contribution in [3.05, 3.63) is 42.1 Å². The predicted molar refractivity (Wildman–Crippen MR) is 140 cm³/mol. The molecule has 3 aromatic heterocycles. The van der Waals surface area contributed by atoms with Crippen LogP contribution in [0.25, 0.3) is 33.6 Å². The monoisotopic (exact) mass is 500 g/mol. The van der Waals surface area contributed by atoms with Crippen molar-refractivity contribution in [1.82, 2.24) is 24.0 Å². The summed E-state index contributed by atoms with van der Waals surface area (Å²) in [7, 11) is 3.65.